The van der Waals surface area contributed by atoms with E-state index in [9.17, 15) is 4.79 Å². The van der Waals surface area contributed by atoms with Crippen LogP contribution in [0.3, 0.4) is 0 Å². The van der Waals surface area contributed by atoms with Gasteiger partial charge in [-0.2, -0.15) is 0 Å². The molecule has 4 rings (SSSR count). The molecule has 1 atom stereocenters. The molecule has 1 aliphatic heterocycles. The quantitative estimate of drug-likeness (QED) is 0.803. The van der Waals surface area contributed by atoms with Crippen LogP contribution < -0.4 is 14.8 Å². The van der Waals surface area contributed by atoms with Gasteiger partial charge < -0.3 is 19.2 Å². The Kier molecular flexibility index (Phi) is 3.61. The molecule has 2 aromatic carbocycles. The van der Waals surface area contributed by atoms with Crippen LogP contribution in [0.2, 0.25) is 0 Å². The van der Waals surface area contributed by atoms with Gasteiger partial charge in [-0.1, -0.05) is 30.3 Å². The highest BCUT2D eigenvalue weighted by Gasteiger charge is 2.23. The van der Waals surface area contributed by atoms with E-state index in [0.717, 1.165) is 16.7 Å². The van der Waals surface area contributed by atoms with Crippen LogP contribution in [0, 0.1) is 6.92 Å². The molecule has 5 heteroatoms. The predicted molar refractivity (Wildman–Crippen MR) is 89.6 cm³/mol. The van der Waals surface area contributed by atoms with Gasteiger partial charge in [0.1, 0.15) is 18.3 Å². The van der Waals surface area contributed by atoms with E-state index in [-0.39, 0.29) is 12.0 Å². The van der Waals surface area contributed by atoms with Crippen molar-refractivity contribution in [2.75, 3.05) is 13.2 Å². The van der Waals surface area contributed by atoms with Crippen molar-refractivity contribution in [3.05, 3.63) is 59.9 Å². The number of carbonyl (C=O) groups is 1. The molecule has 24 heavy (non-hydrogen) atoms. The second-order valence-electron chi connectivity index (χ2n) is 5.76. The molecule has 0 spiro atoms. The normalized spacial score (nSPS) is 16.1. The number of fused-ring (bicyclic) bond motifs is 2. The molecule has 2 heterocycles. The number of nitrogens with one attached hydrogen (secondary N) is 1. The summed E-state index contributed by atoms with van der Waals surface area (Å²) in [4.78, 5) is 12.4. The number of furan rings is 1. The zero-order valence-electron chi connectivity index (χ0n) is 13.2. The molecule has 1 aliphatic rings. The van der Waals surface area contributed by atoms with Crippen molar-refractivity contribution in [2.45, 2.75) is 13.0 Å². The molecule has 0 aliphatic carbocycles. The maximum atomic E-state index is 12.4. The van der Waals surface area contributed by atoms with E-state index in [1.54, 1.807) is 0 Å². The van der Waals surface area contributed by atoms with E-state index in [0.29, 0.717) is 30.2 Å². The van der Waals surface area contributed by atoms with E-state index in [1.165, 1.54) is 0 Å². The molecule has 0 fully saturated rings. The van der Waals surface area contributed by atoms with Gasteiger partial charge in [0.2, 0.25) is 0 Å². The standard InChI is InChI=1S/C19H17NO4/c1-12-14-6-2-3-7-15(14)24-18(12)19(21)20-10-13-11-22-16-8-4-5-9-17(16)23-13/h2-9,13H,10-11H2,1H3,(H,20,21)/t13-/m0/s1. The van der Waals surface area contributed by atoms with Crippen molar-refractivity contribution in [1.29, 1.82) is 0 Å². The summed E-state index contributed by atoms with van der Waals surface area (Å²) in [5.41, 5.74) is 1.56. The Hall–Kier alpha value is -2.95. The summed E-state index contributed by atoms with van der Waals surface area (Å²) < 4.78 is 17.2. The Morgan fingerprint density at radius 1 is 1.12 bits per heavy atom. The monoisotopic (exact) mass is 323 g/mol. The Morgan fingerprint density at radius 3 is 2.71 bits per heavy atom. The molecule has 0 saturated heterocycles. The van der Waals surface area contributed by atoms with Gasteiger partial charge in [0, 0.05) is 10.9 Å². The van der Waals surface area contributed by atoms with Gasteiger partial charge in [0.15, 0.2) is 17.3 Å². The van der Waals surface area contributed by atoms with Gasteiger partial charge in [-0.05, 0) is 25.1 Å². The lowest BCUT2D eigenvalue weighted by Gasteiger charge is -2.26. The van der Waals surface area contributed by atoms with E-state index in [2.05, 4.69) is 5.32 Å². The van der Waals surface area contributed by atoms with E-state index in [1.807, 2.05) is 55.5 Å². The summed E-state index contributed by atoms with van der Waals surface area (Å²) in [6.07, 6.45) is -0.228. The Bertz CT molecular complexity index is 899. The van der Waals surface area contributed by atoms with Crippen molar-refractivity contribution < 1.29 is 18.7 Å². The third-order valence-electron chi connectivity index (χ3n) is 4.11. The smallest absolute Gasteiger partial charge is 0.287 e. The minimum atomic E-state index is -0.244. The zero-order chi connectivity index (χ0) is 16.5. The van der Waals surface area contributed by atoms with Gasteiger partial charge in [-0.15, -0.1) is 0 Å². The minimum Gasteiger partial charge on any atom is -0.486 e. The number of hydrogen-bond acceptors (Lipinski definition) is 4. The first kappa shape index (κ1) is 14.6. The number of rotatable bonds is 3. The molecule has 122 valence electrons. The number of carbonyl (C=O) groups excluding carboxylic acids is 1. The average molecular weight is 323 g/mol. The number of hydrogen-bond donors (Lipinski definition) is 1. The molecular formula is C19H17NO4. The van der Waals surface area contributed by atoms with Crippen LogP contribution in [0.4, 0.5) is 0 Å². The zero-order valence-corrected chi connectivity index (χ0v) is 13.2. The first-order valence-corrected chi connectivity index (χ1v) is 7.87. The fourth-order valence-corrected chi connectivity index (χ4v) is 2.84. The molecule has 1 N–H and O–H groups in total. The SMILES string of the molecule is Cc1c(C(=O)NC[C@H]2COc3ccccc3O2)oc2ccccc12. The number of benzene rings is 2. The third-order valence-corrected chi connectivity index (χ3v) is 4.11. The molecular weight excluding hydrogens is 306 g/mol. The largest absolute Gasteiger partial charge is 0.486 e. The van der Waals surface area contributed by atoms with Crippen molar-refractivity contribution in [3.8, 4) is 11.5 Å². The highest BCUT2D eigenvalue weighted by Crippen LogP contribution is 2.30. The van der Waals surface area contributed by atoms with Gasteiger partial charge in [0.25, 0.3) is 5.91 Å². The minimum absolute atomic E-state index is 0.228. The van der Waals surface area contributed by atoms with Crippen molar-refractivity contribution >= 4 is 16.9 Å². The molecule has 0 saturated carbocycles. The second-order valence-corrected chi connectivity index (χ2v) is 5.76. The highest BCUT2D eigenvalue weighted by atomic mass is 16.6. The van der Waals surface area contributed by atoms with Crippen LogP contribution in [-0.2, 0) is 0 Å². The molecule has 0 radical (unpaired) electrons. The summed E-state index contributed by atoms with van der Waals surface area (Å²) >= 11 is 0. The van der Waals surface area contributed by atoms with Crippen LogP contribution in [0.25, 0.3) is 11.0 Å². The third kappa shape index (κ3) is 2.58. The number of amides is 1. The lowest BCUT2D eigenvalue weighted by Crippen LogP contribution is -2.40. The van der Waals surface area contributed by atoms with Crippen LogP contribution >= 0.6 is 0 Å². The van der Waals surface area contributed by atoms with Gasteiger partial charge in [0.05, 0.1) is 6.54 Å². The molecule has 0 unspecified atom stereocenters. The van der Waals surface area contributed by atoms with Gasteiger partial charge in [-0.3, -0.25) is 4.79 Å². The summed E-state index contributed by atoms with van der Waals surface area (Å²) in [7, 11) is 0. The maximum Gasteiger partial charge on any atom is 0.287 e. The van der Waals surface area contributed by atoms with Crippen LogP contribution in [0.1, 0.15) is 16.1 Å². The van der Waals surface area contributed by atoms with Crippen LogP contribution in [-0.4, -0.2) is 25.2 Å². The number of para-hydroxylation sites is 3. The van der Waals surface area contributed by atoms with Crippen molar-refractivity contribution in [3.63, 3.8) is 0 Å². The van der Waals surface area contributed by atoms with E-state index >= 15 is 0 Å². The Morgan fingerprint density at radius 2 is 1.88 bits per heavy atom. The number of aryl methyl sites for hydroxylation is 1. The first-order chi connectivity index (χ1) is 11.7. The Labute approximate surface area is 139 Å². The maximum absolute atomic E-state index is 12.4. The molecule has 1 aromatic heterocycles. The molecule has 0 bridgehead atoms. The summed E-state index contributed by atoms with van der Waals surface area (Å²) in [5.74, 6) is 1.52. The lowest BCUT2D eigenvalue weighted by atomic mass is 10.1. The highest BCUT2D eigenvalue weighted by molar-refractivity contribution is 5.98. The topological polar surface area (TPSA) is 60.7 Å². The predicted octanol–water partition coefficient (Wildman–Crippen LogP) is 3.31. The summed E-state index contributed by atoms with van der Waals surface area (Å²) in [6, 6.07) is 15.1. The fourth-order valence-electron chi connectivity index (χ4n) is 2.84. The summed E-state index contributed by atoms with van der Waals surface area (Å²) in [5, 5.41) is 3.82. The summed E-state index contributed by atoms with van der Waals surface area (Å²) in [6.45, 7) is 2.64. The molecule has 5 nitrogen and oxygen atoms in total. The fraction of sp³-hybridized carbons (Fsp3) is 0.211. The van der Waals surface area contributed by atoms with Gasteiger partial charge in [-0.25, -0.2) is 0 Å². The second kappa shape index (κ2) is 5.92. The van der Waals surface area contributed by atoms with Gasteiger partial charge >= 0.3 is 0 Å². The first-order valence-electron chi connectivity index (χ1n) is 7.87. The average Bonchev–Trinajstić information content (AvgIpc) is 2.97. The lowest BCUT2D eigenvalue weighted by molar-refractivity contribution is 0.0774. The van der Waals surface area contributed by atoms with E-state index < -0.39 is 0 Å². The van der Waals surface area contributed by atoms with Crippen molar-refractivity contribution in [1.82, 2.24) is 5.32 Å². The van der Waals surface area contributed by atoms with Crippen LogP contribution in [0.5, 0.6) is 11.5 Å². The van der Waals surface area contributed by atoms with Crippen molar-refractivity contribution in [2.24, 2.45) is 0 Å². The van der Waals surface area contributed by atoms with E-state index in [4.69, 9.17) is 13.9 Å². The molecule has 1 amide bonds. The Balaban J connectivity index is 1.44. The molecule has 3 aromatic rings. The number of ether oxygens (including phenoxy) is 2. The van der Waals surface area contributed by atoms with Crippen LogP contribution in [0.15, 0.2) is 52.9 Å².